The third kappa shape index (κ3) is 3.93. The first-order valence-corrected chi connectivity index (χ1v) is 6.50. The second kappa shape index (κ2) is 6.22. The molecule has 0 saturated carbocycles. The highest BCUT2D eigenvalue weighted by molar-refractivity contribution is 6.31. The van der Waals surface area contributed by atoms with Gasteiger partial charge in [-0.15, -0.1) is 0 Å². The second-order valence-corrected chi connectivity index (χ2v) is 5.78. The first kappa shape index (κ1) is 16.4. The smallest absolute Gasteiger partial charge is 0.305 e. The molecule has 0 fully saturated rings. The fourth-order valence-electron chi connectivity index (χ4n) is 1.76. The maximum Gasteiger partial charge on any atom is 0.305 e. The Morgan fingerprint density at radius 1 is 1.35 bits per heavy atom. The number of rotatable bonds is 4. The van der Waals surface area contributed by atoms with E-state index in [1.807, 2.05) is 0 Å². The molecule has 0 bridgehead atoms. The third-order valence-corrected chi connectivity index (χ3v) is 3.08. The molecule has 0 aliphatic carbocycles. The molecule has 0 radical (unpaired) electrons. The summed E-state index contributed by atoms with van der Waals surface area (Å²) in [4.78, 5) is 24.4. The van der Waals surface area contributed by atoms with E-state index in [1.54, 1.807) is 20.8 Å². The van der Waals surface area contributed by atoms with Crippen molar-refractivity contribution in [1.82, 2.24) is 4.90 Å². The first-order valence-electron chi connectivity index (χ1n) is 6.12. The Morgan fingerprint density at radius 2 is 1.95 bits per heavy atom. The zero-order valence-corrected chi connectivity index (χ0v) is 12.4. The van der Waals surface area contributed by atoms with Crippen LogP contribution in [0.5, 0.6) is 0 Å². The minimum atomic E-state index is -1.02. The van der Waals surface area contributed by atoms with E-state index in [9.17, 15) is 14.0 Å². The number of carbonyl (C=O) groups is 2. The van der Waals surface area contributed by atoms with Crippen LogP contribution >= 0.6 is 11.6 Å². The van der Waals surface area contributed by atoms with Crippen LogP contribution in [0.3, 0.4) is 0 Å². The molecule has 0 heterocycles. The van der Waals surface area contributed by atoms with Crippen molar-refractivity contribution in [1.29, 1.82) is 0 Å². The molecular weight excluding hydrogens is 285 g/mol. The van der Waals surface area contributed by atoms with Crippen molar-refractivity contribution >= 4 is 23.5 Å². The number of benzene rings is 1. The third-order valence-electron chi connectivity index (χ3n) is 2.79. The van der Waals surface area contributed by atoms with E-state index in [2.05, 4.69) is 0 Å². The molecule has 0 aliphatic rings. The van der Waals surface area contributed by atoms with Gasteiger partial charge in [-0.25, -0.2) is 4.39 Å². The SMILES string of the molecule is CC(C)(C)N(CCC(=O)O)C(=O)c1cccc(Cl)c1F. The number of nitrogens with zero attached hydrogens (tertiary/aromatic N) is 1. The molecule has 1 rings (SSSR count). The average Bonchev–Trinajstić information content (AvgIpc) is 2.30. The van der Waals surface area contributed by atoms with Crippen molar-refractivity contribution in [3.05, 3.63) is 34.6 Å². The molecule has 0 saturated heterocycles. The number of carboxylic acids is 1. The van der Waals surface area contributed by atoms with Crippen molar-refractivity contribution in [2.45, 2.75) is 32.7 Å². The van der Waals surface area contributed by atoms with E-state index in [4.69, 9.17) is 16.7 Å². The molecule has 0 aromatic heterocycles. The predicted octanol–water partition coefficient (Wildman–Crippen LogP) is 3.19. The van der Waals surface area contributed by atoms with E-state index >= 15 is 0 Å². The Bertz CT molecular complexity index is 526. The van der Waals surface area contributed by atoms with Crippen LogP contribution in [-0.4, -0.2) is 34.0 Å². The van der Waals surface area contributed by atoms with Gasteiger partial charge in [-0.1, -0.05) is 17.7 Å². The fourth-order valence-corrected chi connectivity index (χ4v) is 1.94. The lowest BCUT2D eigenvalue weighted by Crippen LogP contribution is -2.46. The van der Waals surface area contributed by atoms with Crippen molar-refractivity contribution in [2.75, 3.05) is 6.54 Å². The molecule has 0 unspecified atom stereocenters. The summed E-state index contributed by atoms with van der Waals surface area (Å²) in [5.41, 5.74) is -0.779. The highest BCUT2D eigenvalue weighted by Gasteiger charge is 2.29. The highest BCUT2D eigenvalue weighted by Crippen LogP contribution is 2.23. The quantitative estimate of drug-likeness (QED) is 0.929. The predicted molar refractivity (Wildman–Crippen MR) is 74.5 cm³/mol. The van der Waals surface area contributed by atoms with Gasteiger partial charge in [0.05, 0.1) is 17.0 Å². The molecule has 1 amide bonds. The molecule has 1 N–H and O–H groups in total. The molecule has 4 nitrogen and oxygen atoms in total. The van der Waals surface area contributed by atoms with Crippen molar-refractivity contribution in [3.63, 3.8) is 0 Å². The van der Waals surface area contributed by atoms with Crippen LogP contribution in [0.1, 0.15) is 37.6 Å². The maximum absolute atomic E-state index is 13.9. The zero-order chi connectivity index (χ0) is 15.5. The minimum absolute atomic E-state index is 0.00359. The van der Waals surface area contributed by atoms with Crippen LogP contribution in [0.2, 0.25) is 5.02 Å². The number of halogens is 2. The van der Waals surface area contributed by atoms with Gasteiger partial charge < -0.3 is 10.0 Å². The lowest BCUT2D eigenvalue weighted by atomic mass is 10.0. The largest absolute Gasteiger partial charge is 0.481 e. The number of hydrogen-bond acceptors (Lipinski definition) is 2. The Balaban J connectivity index is 3.10. The van der Waals surface area contributed by atoms with Gasteiger partial charge in [0.15, 0.2) is 5.82 Å². The topological polar surface area (TPSA) is 57.6 Å². The average molecular weight is 302 g/mol. The lowest BCUT2D eigenvalue weighted by molar-refractivity contribution is -0.137. The molecule has 0 spiro atoms. The number of hydrogen-bond donors (Lipinski definition) is 1. The summed E-state index contributed by atoms with van der Waals surface area (Å²) >= 11 is 5.66. The highest BCUT2D eigenvalue weighted by atomic mass is 35.5. The van der Waals surface area contributed by atoms with E-state index in [-0.39, 0.29) is 23.6 Å². The molecule has 110 valence electrons. The van der Waals surface area contributed by atoms with Gasteiger partial charge in [-0.3, -0.25) is 9.59 Å². The van der Waals surface area contributed by atoms with Crippen LogP contribution in [0, 0.1) is 5.82 Å². The molecule has 20 heavy (non-hydrogen) atoms. The van der Waals surface area contributed by atoms with E-state index < -0.39 is 23.2 Å². The molecule has 0 aliphatic heterocycles. The summed E-state index contributed by atoms with van der Waals surface area (Å²) in [5, 5.41) is 8.61. The van der Waals surface area contributed by atoms with E-state index in [0.29, 0.717) is 0 Å². The standard InChI is InChI=1S/C14H17ClFNO3/c1-14(2,3)17(8-7-11(18)19)13(20)9-5-4-6-10(15)12(9)16/h4-6H,7-8H2,1-3H3,(H,18,19). The monoisotopic (exact) mass is 301 g/mol. The summed E-state index contributed by atoms with van der Waals surface area (Å²) in [7, 11) is 0. The Morgan fingerprint density at radius 3 is 2.45 bits per heavy atom. The normalized spacial score (nSPS) is 11.2. The minimum Gasteiger partial charge on any atom is -0.481 e. The van der Waals surface area contributed by atoms with Gasteiger partial charge in [0.1, 0.15) is 0 Å². The van der Waals surface area contributed by atoms with Crippen LogP contribution in [0.25, 0.3) is 0 Å². The van der Waals surface area contributed by atoms with Crippen LogP contribution in [-0.2, 0) is 4.79 Å². The first-order chi connectivity index (χ1) is 9.14. The van der Waals surface area contributed by atoms with Gasteiger partial charge in [0.2, 0.25) is 0 Å². The lowest BCUT2D eigenvalue weighted by Gasteiger charge is -2.35. The fraction of sp³-hybridized carbons (Fsp3) is 0.429. The molecule has 1 aromatic carbocycles. The maximum atomic E-state index is 13.9. The summed E-state index contributed by atoms with van der Waals surface area (Å²) in [5.74, 6) is -2.37. The van der Waals surface area contributed by atoms with Crippen LogP contribution in [0.15, 0.2) is 18.2 Å². The van der Waals surface area contributed by atoms with Gasteiger partial charge in [0.25, 0.3) is 5.91 Å². The Kier molecular flexibility index (Phi) is 5.11. The van der Waals surface area contributed by atoms with Gasteiger partial charge in [0, 0.05) is 12.1 Å². The zero-order valence-electron chi connectivity index (χ0n) is 11.6. The van der Waals surface area contributed by atoms with E-state index in [1.165, 1.54) is 23.1 Å². The summed E-state index contributed by atoms with van der Waals surface area (Å²) in [6.07, 6.45) is -0.203. The van der Waals surface area contributed by atoms with Gasteiger partial charge >= 0.3 is 5.97 Å². The number of amides is 1. The van der Waals surface area contributed by atoms with Crippen molar-refractivity contribution in [3.8, 4) is 0 Å². The van der Waals surface area contributed by atoms with Crippen LogP contribution < -0.4 is 0 Å². The molecule has 6 heteroatoms. The van der Waals surface area contributed by atoms with Gasteiger partial charge in [-0.2, -0.15) is 0 Å². The van der Waals surface area contributed by atoms with Gasteiger partial charge in [-0.05, 0) is 32.9 Å². The number of carboxylic acid groups (broad SMARTS) is 1. The molecule has 0 atom stereocenters. The second-order valence-electron chi connectivity index (χ2n) is 5.37. The van der Waals surface area contributed by atoms with E-state index in [0.717, 1.165) is 0 Å². The Labute approximate surface area is 122 Å². The Hall–Kier alpha value is -1.62. The molecular formula is C14H17ClFNO3. The summed E-state index contributed by atoms with van der Waals surface area (Å²) in [6.45, 7) is 5.28. The number of aliphatic carboxylic acids is 1. The van der Waals surface area contributed by atoms with Crippen molar-refractivity contribution in [2.24, 2.45) is 0 Å². The summed E-state index contributed by atoms with van der Waals surface area (Å²) in [6, 6.07) is 4.17. The summed E-state index contributed by atoms with van der Waals surface area (Å²) < 4.78 is 13.9. The molecule has 1 aromatic rings. The van der Waals surface area contributed by atoms with Crippen LogP contribution in [0.4, 0.5) is 4.39 Å². The number of carbonyl (C=O) groups excluding carboxylic acids is 1. The van der Waals surface area contributed by atoms with Crippen molar-refractivity contribution < 1.29 is 19.1 Å².